The van der Waals surface area contributed by atoms with Crippen molar-refractivity contribution in [3.05, 3.63) is 71.5 Å². The fraction of sp³-hybridized carbons (Fsp3) is 0.263. The first-order valence-corrected chi connectivity index (χ1v) is 11.1. The zero-order valence-corrected chi connectivity index (χ0v) is 16.9. The maximum absolute atomic E-state index is 12.5. The number of rotatable bonds is 8. The van der Waals surface area contributed by atoms with Crippen molar-refractivity contribution in [1.29, 1.82) is 0 Å². The van der Waals surface area contributed by atoms with Crippen molar-refractivity contribution in [2.45, 2.75) is 42.7 Å². The Balaban J connectivity index is 1.68. The van der Waals surface area contributed by atoms with Crippen LogP contribution in [0.5, 0.6) is 0 Å². The second kappa shape index (κ2) is 8.69. The number of aryl methyl sites for hydroxylation is 1. The van der Waals surface area contributed by atoms with Gasteiger partial charge in [-0.15, -0.1) is 10.2 Å². The number of nitrogens with one attached hydrogen (secondary N) is 1. The predicted molar refractivity (Wildman–Crippen MR) is 107 cm³/mol. The topological polar surface area (TPSA) is 76.9 Å². The van der Waals surface area contributed by atoms with E-state index in [1.165, 1.54) is 5.56 Å². The Morgan fingerprint density at radius 3 is 2.41 bits per heavy atom. The van der Waals surface area contributed by atoms with E-state index < -0.39 is 10.0 Å². The monoisotopic (exact) mass is 402 g/mol. The Bertz CT molecular complexity index is 984. The molecule has 1 N–H and O–H groups in total. The molecule has 0 atom stereocenters. The summed E-state index contributed by atoms with van der Waals surface area (Å²) in [6.45, 7) is 4.69. The van der Waals surface area contributed by atoms with Gasteiger partial charge in [0.1, 0.15) is 5.82 Å². The summed E-state index contributed by atoms with van der Waals surface area (Å²) in [5.74, 6) is 1.39. The summed E-state index contributed by atoms with van der Waals surface area (Å²) in [5, 5.41) is 9.19. The lowest BCUT2D eigenvalue weighted by molar-refractivity contribution is 0.572. The maximum Gasteiger partial charge on any atom is 0.240 e. The summed E-state index contributed by atoms with van der Waals surface area (Å²) in [4.78, 5) is 0.245. The van der Waals surface area contributed by atoms with Gasteiger partial charge in [-0.1, -0.05) is 59.8 Å². The average Bonchev–Trinajstić information content (AvgIpc) is 3.08. The molecule has 0 aliphatic carbocycles. The molecule has 142 valence electrons. The van der Waals surface area contributed by atoms with Gasteiger partial charge in [0.15, 0.2) is 5.16 Å². The third-order valence-electron chi connectivity index (χ3n) is 4.07. The first kappa shape index (κ1) is 19.6. The van der Waals surface area contributed by atoms with Gasteiger partial charge in [0.25, 0.3) is 0 Å². The fourth-order valence-electron chi connectivity index (χ4n) is 2.56. The molecule has 0 radical (unpaired) electrons. The van der Waals surface area contributed by atoms with Crippen LogP contribution in [0.2, 0.25) is 0 Å². The van der Waals surface area contributed by atoms with Crippen LogP contribution in [-0.4, -0.2) is 23.2 Å². The third-order valence-corrected chi connectivity index (χ3v) is 6.53. The quantitative estimate of drug-likeness (QED) is 0.585. The molecule has 0 fully saturated rings. The maximum atomic E-state index is 12.5. The molecule has 2 aromatic carbocycles. The molecular formula is C19H22N4O2S2. The van der Waals surface area contributed by atoms with Gasteiger partial charge in [-0.05, 0) is 31.5 Å². The van der Waals surface area contributed by atoms with Crippen LogP contribution in [0.4, 0.5) is 0 Å². The van der Waals surface area contributed by atoms with E-state index in [9.17, 15) is 8.42 Å². The minimum absolute atomic E-state index is 0.100. The summed E-state index contributed by atoms with van der Waals surface area (Å²) in [7, 11) is -3.58. The molecule has 1 aromatic heterocycles. The Morgan fingerprint density at radius 1 is 1.04 bits per heavy atom. The molecule has 27 heavy (non-hydrogen) atoms. The molecule has 3 rings (SSSR count). The van der Waals surface area contributed by atoms with Crippen LogP contribution in [0, 0.1) is 6.92 Å². The fourth-order valence-corrected chi connectivity index (χ4v) is 4.51. The highest BCUT2D eigenvalue weighted by Gasteiger charge is 2.17. The molecule has 0 aliphatic rings. The summed E-state index contributed by atoms with van der Waals surface area (Å²) in [6, 6.07) is 16.9. The average molecular weight is 403 g/mol. The van der Waals surface area contributed by atoms with Crippen molar-refractivity contribution >= 4 is 21.8 Å². The van der Waals surface area contributed by atoms with Crippen molar-refractivity contribution in [3.8, 4) is 0 Å². The zero-order valence-electron chi connectivity index (χ0n) is 15.3. The highest BCUT2D eigenvalue weighted by atomic mass is 32.2. The van der Waals surface area contributed by atoms with Crippen LogP contribution in [-0.2, 0) is 28.9 Å². The highest BCUT2D eigenvalue weighted by molar-refractivity contribution is 7.98. The molecule has 0 saturated carbocycles. The summed E-state index contributed by atoms with van der Waals surface area (Å²) >= 11 is 1.59. The van der Waals surface area contributed by atoms with Gasteiger partial charge in [-0.2, -0.15) is 0 Å². The van der Waals surface area contributed by atoms with E-state index >= 15 is 0 Å². The van der Waals surface area contributed by atoms with Crippen LogP contribution in [0.15, 0.2) is 64.6 Å². The summed E-state index contributed by atoms with van der Waals surface area (Å²) in [6.07, 6.45) is 0. The van der Waals surface area contributed by atoms with E-state index in [-0.39, 0.29) is 11.4 Å². The third kappa shape index (κ3) is 4.97. The predicted octanol–water partition coefficient (Wildman–Crippen LogP) is 3.38. The number of hydrogen-bond donors (Lipinski definition) is 1. The van der Waals surface area contributed by atoms with E-state index in [1.54, 1.807) is 36.0 Å². The lowest BCUT2D eigenvalue weighted by atomic mass is 10.2. The van der Waals surface area contributed by atoms with Gasteiger partial charge in [-0.3, -0.25) is 0 Å². The molecule has 0 bridgehead atoms. The van der Waals surface area contributed by atoms with Crippen LogP contribution in [0.1, 0.15) is 23.9 Å². The Hall–Kier alpha value is -2.16. The molecule has 1 heterocycles. The number of hydrogen-bond acceptors (Lipinski definition) is 5. The first-order chi connectivity index (χ1) is 13.0. The van der Waals surface area contributed by atoms with Gasteiger partial charge in [0, 0.05) is 12.3 Å². The Morgan fingerprint density at radius 2 is 1.74 bits per heavy atom. The zero-order chi connectivity index (χ0) is 19.3. The van der Waals surface area contributed by atoms with E-state index in [2.05, 4.69) is 27.1 Å². The Labute approximate surface area is 164 Å². The minimum Gasteiger partial charge on any atom is -0.305 e. The molecular weight excluding hydrogens is 380 g/mol. The van der Waals surface area contributed by atoms with Crippen molar-refractivity contribution < 1.29 is 8.42 Å². The van der Waals surface area contributed by atoms with E-state index in [4.69, 9.17) is 0 Å². The van der Waals surface area contributed by atoms with E-state index in [1.807, 2.05) is 36.6 Å². The number of benzene rings is 2. The standard InChI is InChI=1S/C19H22N4O2S2/c1-3-23-18(13-20-27(24,25)17-11-9-15(2)10-12-17)21-22-19(23)26-14-16-7-5-4-6-8-16/h4-12,20H,3,13-14H2,1-2H3. The van der Waals surface area contributed by atoms with Crippen LogP contribution < -0.4 is 4.72 Å². The second-order valence-electron chi connectivity index (χ2n) is 6.05. The first-order valence-electron chi connectivity index (χ1n) is 8.64. The summed E-state index contributed by atoms with van der Waals surface area (Å²) in [5.41, 5.74) is 2.22. The highest BCUT2D eigenvalue weighted by Crippen LogP contribution is 2.22. The number of aromatic nitrogens is 3. The molecule has 0 aliphatic heterocycles. The molecule has 6 nitrogen and oxygen atoms in total. The van der Waals surface area contributed by atoms with Crippen LogP contribution in [0.25, 0.3) is 0 Å². The number of sulfonamides is 1. The van der Waals surface area contributed by atoms with Crippen LogP contribution >= 0.6 is 11.8 Å². The SMILES string of the molecule is CCn1c(CNS(=O)(=O)c2ccc(C)cc2)nnc1SCc1ccccc1. The van der Waals surface area contributed by atoms with Gasteiger partial charge in [0.2, 0.25) is 10.0 Å². The number of nitrogens with zero attached hydrogens (tertiary/aromatic N) is 3. The minimum atomic E-state index is -3.58. The van der Waals surface area contributed by atoms with Crippen molar-refractivity contribution in [1.82, 2.24) is 19.5 Å². The van der Waals surface area contributed by atoms with Gasteiger partial charge in [0.05, 0.1) is 11.4 Å². The van der Waals surface area contributed by atoms with Gasteiger partial charge in [-0.25, -0.2) is 13.1 Å². The van der Waals surface area contributed by atoms with Crippen molar-refractivity contribution in [3.63, 3.8) is 0 Å². The smallest absolute Gasteiger partial charge is 0.240 e. The molecule has 8 heteroatoms. The van der Waals surface area contributed by atoms with E-state index in [0.29, 0.717) is 12.4 Å². The van der Waals surface area contributed by atoms with Crippen molar-refractivity contribution in [2.75, 3.05) is 0 Å². The number of thioether (sulfide) groups is 1. The normalized spacial score (nSPS) is 11.6. The van der Waals surface area contributed by atoms with Crippen molar-refractivity contribution in [2.24, 2.45) is 0 Å². The molecule has 0 spiro atoms. The molecule has 0 amide bonds. The lowest BCUT2D eigenvalue weighted by Crippen LogP contribution is -2.25. The van der Waals surface area contributed by atoms with E-state index in [0.717, 1.165) is 16.5 Å². The molecule has 3 aromatic rings. The van der Waals surface area contributed by atoms with Crippen LogP contribution in [0.3, 0.4) is 0 Å². The largest absolute Gasteiger partial charge is 0.305 e. The van der Waals surface area contributed by atoms with Gasteiger partial charge >= 0.3 is 0 Å². The second-order valence-corrected chi connectivity index (χ2v) is 8.76. The lowest BCUT2D eigenvalue weighted by Gasteiger charge is -2.09. The van der Waals surface area contributed by atoms with Gasteiger partial charge < -0.3 is 4.57 Å². The molecule has 0 saturated heterocycles. The Kier molecular flexibility index (Phi) is 6.30. The summed E-state index contributed by atoms with van der Waals surface area (Å²) < 4.78 is 29.5. The molecule has 0 unspecified atom stereocenters.